The number of nitrogens with one attached hydrogen (secondary N) is 2. The van der Waals surface area contributed by atoms with Crippen molar-refractivity contribution in [2.45, 2.75) is 0 Å². The molecule has 3 rings (SSSR count). The normalized spacial score (nSPS) is 13.8. The molecule has 2 heterocycles. The maximum Gasteiger partial charge on any atom is 0.226 e. The Morgan fingerprint density at radius 1 is 1.25 bits per heavy atom. The first-order valence-electron chi connectivity index (χ1n) is 4.59. The molecule has 2 aromatic rings. The van der Waals surface area contributed by atoms with Crippen molar-refractivity contribution < 1.29 is 0 Å². The van der Waals surface area contributed by atoms with Crippen LogP contribution in [0.15, 0.2) is 30.1 Å². The van der Waals surface area contributed by atoms with Crippen LogP contribution in [0.4, 0.5) is 5.82 Å². The van der Waals surface area contributed by atoms with E-state index in [0.717, 1.165) is 11.1 Å². The van der Waals surface area contributed by atoms with Gasteiger partial charge in [0.2, 0.25) is 5.28 Å². The first kappa shape index (κ1) is 9.69. The van der Waals surface area contributed by atoms with Gasteiger partial charge in [-0.3, -0.25) is 0 Å². The minimum Gasteiger partial charge on any atom is -0.344 e. The van der Waals surface area contributed by atoms with Crippen molar-refractivity contribution >= 4 is 40.1 Å². The second-order valence-electron chi connectivity index (χ2n) is 3.31. The number of hydrogen-bond donors (Lipinski definition) is 2. The van der Waals surface area contributed by atoms with Crippen molar-refractivity contribution in [2.75, 3.05) is 5.32 Å². The zero-order valence-electron chi connectivity index (χ0n) is 7.96. The predicted molar refractivity (Wildman–Crippen MR) is 64.8 cm³/mol. The second kappa shape index (κ2) is 3.50. The molecule has 16 heavy (non-hydrogen) atoms. The molecule has 0 bridgehead atoms. The number of allylic oxidation sites excluding steroid dienone is 3. The van der Waals surface area contributed by atoms with Crippen LogP contribution in [-0.2, 0) is 0 Å². The van der Waals surface area contributed by atoms with E-state index in [1.165, 1.54) is 0 Å². The topological polar surface area (TPSA) is 53.6 Å². The van der Waals surface area contributed by atoms with E-state index in [4.69, 9.17) is 23.2 Å². The van der Waals surface area contributed by atoms with Crippen LogP contribution < -0.4 is 5.32 Å². The van der Waals surface area contributed by atoms with Gasteiger partial charge >= 0.3 is 0 Å². The minimum atomic E-state index is 0.178. The Morgan fingerprint density at radius 2 is 2.06 bits per heavy atom. The highest BCUT2D eigenvalue weighted by Gasteiger charge is 2.13. The molecule has 0 saturated heterocycles. The van der Waals surface area contributed by atoms with E-state index in [0.29, 0.717) is 16.5 Å². The molecule has 1 aliphatic carbocycles. The van der Waals surface area contributed by atoms with E-state index in [2.05, 4.69) is 20.3 Å². The van der Waals surface area contributed by atoms with Crippen LogP contribution >= 0.6 is 23.2 Å². The van der Waals surface area contributed by atoms with E-state index in [1.807, 2.05) is 18.2 Å². The molecule has 4 nitrogen and oxygen atoms in total. The molecule has 0 spiro atoms. The summed E-state index contributed by atoms with van der Waals surface area (Å²) in [5.74, 6) is 0.608. The average Bonchev–Trinajstić information content (AvgIpc) is 2.53. The van der Waals surface area contributed by atoms with Crippen LogP contribution in [0.1, 0.15) is 0 Å². The lowest BCUT2D eigenvalue weighted by molar-refractivity contribution is 1.19. The first-order chi connectivity index (χ1) is 7.74. The molecule has 0 atom stereocenters. The van der Waals surface area contributed by atoms with E-state index in [-0.39, 0.29) is 5.28 Å². The maximum absolute atomic E-state index is 6.04. The monoisotopic (exact) mass is 252 g/mol. The molecule has 1 aliphatic rings. The number of aromatic amines is 1. The molecule has 0 aliphatic heterocycles. The van der Waals surface area contributed by atoms with Gasteiger partial charge in [0, 0.05) is 11.9 Å². The Hall–Kier alpha value is -1.52. The lowest BCUT2D eigenvalue weighted by atomic mass is 10.2. The molecular weight excluding hydrogens is 247 g/mol. The van der Waals surface area contributed by atoms with Crippen molar-refractivity contribution in [1.29, 1.82) is 0 Å². The molecule has 2 aromatic heterocycles. The minimum absolute atomic E-state index is 0.178. The summed E-state index contributed by atoms with van der Waals surface area (Å²) in [6.45, 7) is 0. The fraction of sp³-hybridized carbons (Fsp3) is 0. The highest BCUT2D eigenvalue weighted by atomic mass is 35.5. The van der Waals surface area contributed by atoms with Crippen LogP contribution in [0, 0.1) is 0 Å². The Labute approximate surface area is 101 Å². The molecule has 0 amide bonds. The van der Waals surface area contributed by atoms with Gasteiger partial charge in [-0.15, -0.1) is 0 Å². The van der Waals surface area contributed by atoms with E-state index < -0.39 is 0 Å². The SMILES string of the molecule is Clc1nc(NC2=CC=C2)c2c(Cl)c[nH]c2n1. The zero-order chi connectivity index (χ0) is 11.1. The molecule has 0 unspecified atom stereocenters. The second-order valence-corrected chi connectivity index (χ2v) is 4.05. The molecule has 0 fully saturated rings. The Kier molecular flexibility index (Phi) is 2.12. The molecule has 80 valence electrons. The fourth-order valence-electron chi connectivity index (χ4n) is 1.47. The number of fused-ring (bicyclic) bond motifs is 1. The summed E-state index contributed by atoms with van der Waals surface area (Å²) >= 11 is 11.9. The summed E-state index contributed by atoms with van der Waals surface area (Å²) in [5, 5.41) is 4.61. The van der Waals surface area contributed by atoms with Gasteiger partial charge < -0.3 is 10.3 Å². The average molecular weight is 253 g/mol. The number of nitrogens with zero attached hydrogens (tertiary/aromatic N) is 2. The van der Waals surface area contributed by atoms with Crippen LogP contribution in [0.3, 0.4) is 0 Å². The highest BCUT2D eigenvalue weighted by molar-refractivity contribution is 6.36. The summed E-state index contributed by atoms with van der Waals surface area (Å²) in [6.07, 6.45) is 7.46. The number of rotatable bonds is 2. The maximum atomic E-state index is 6.04. The van der Waals surface area contributed by atoms with E-state index >= 15 is 0 Å². The quantitative estimate of drug-likeness (QED) is 0.808. The summed E-state index contributed by atoms with van der Waals surface area (Å²) in [5.41, 5.74) is 1.59. The van der Waals surface area contributed by atoms with Crippen LogP contribution in [0.5, 0.6) is 0 Å². The van der Waals surface area contributed by atoms with Gasteiger partial charge in [0.1, 0.15) is 11.5 Å². The van der Waals surface area contributed by atoms with Crippen LogP contribution in [0.25, 0.3) is 11.0 Å². The number of anilines is 1. The Morgan fingerprint density at radius 3 is 2.75 bits per heavy atom. The fourth-order valence-corrected chi connectivity index (χ4v) is 1.87. The largest absolute Gasteiger partial charge is 0.344 e. The Balaban J connectivity index is 2.16. The lowest BCUT2D eigenvalue weighted by Crippen LogP contribution is -2.03. The van der Waals surface area contributed by atoms with Crippen molar-refractivity contribution in [3.05, 3.63) is 40.4 Å². The summed E-state index contributed by atoms with van der Waals surface area (Å²) < 4.78 is 0. The number of H-pyrrole nitrogens is 1. The highest BCUT2D eigenvalue weighted by Crippen LogP contribution is 2.30. The van der Waals surface area contributed by atoms with Gasteiger partial charge in [-0.25, -0.2) is 0 Å². The van der Waals surface area contributed by atoms with Gasteiger partial charge in [0.15, 0.2) is 0 Å². The summed E-state index contributed by atoms with van der Waals surface area (Å²) in [7, 11) is 0. The molecule has 6 heteroatoms. The molecular formula is C10H6Cl2N4. The van der Waals surface area contributed by atoms with Gasteiger partial charge in [-0.1, -0.05) is 17.7 Å². The van der Waals surface area contributed by atoms with Crippen LogP contribution in [0.2, 0.25) is 10.3 Å². The molecule has 0 aromatic carbocycles. The zero-order valence-corrected chi connectivity index (χ0v) is 9.47. The molecule has 2 N–H and O–H groups in total. The van der Waals surface area contributed by atoms with E-state index in [1.54, 1.807) is 6.20 Å². The molecule has 0 radical (unpaired) electrons. The smallest absolute Gasteiger partial charge is 0.226 e. The van der Waals surface area contributed by atoms with Crippen molar-refractivity contribution in [3.63, 3.8) is 0 Å². The lowest BCUT2D eigenvalue weighted by Gasteiger charge is -2.11. The standard InChI is InChI=1S/C10H6Cl2N4/c11-6-4-13-8-7(6)9(16-10(12)15-8)14-5-2-1-3-5/h1-4H,(H2,13,14,15,16). The third-order valence-corrected chi connectivity index (χ3v) is 2.74. The van der Waals surface area contributed by atoms with E-state index in [9.17, 15) is 0 Å². The van der Waals surface area contributed by atoms with Gasteiger partial charge in [-0.05, 0) is 23.8 Å². The number of halogens is 2. The van der Waals surface area contributed by atoms with Gasteiger partial charge in [0.25, 0.3) is 0 Å². The third-order valence-electron chi connectivity index (χ3n) is 2.27. The van der Waals surface area contributed by atoms with Gasteiger partial charge in [0.05, 0.1) is 10.4 Å². The third kappa shape index (κ3) is 1.47. The summed E-state index contributed by atoms with van der Waals surface area (Å²) in [4.78, 5) is 11.1. The Bertz CT molecular complexity index is 627. The van der Waals surface area contributed by atoms with Crippen molar-refractivity contribution in [2.24, 2.45) is 0 Å². The van der Waals surface area contributed by atoms with Crippen molar-refractivity contribution in [1.82, 2.24) is 15.0 Å². The number of aromatic nitrogens is 3. The van der Waals surface area contributed by atoms with Crippen LogP contribution in [-0.4, -0.2) is 15.0 Å². The predicted octanol–water partition coefficient (Wildman–Crippen LogP) is 3.13. The first-order valence-corrected chi connectivity index (χ1v) is 5.35. The number of hydrogen-bond acceptors (Lipinski definition) is 3. The summed E-state index contributed by atoms with van der Waals surface area (Å²) in [6, 6.07) is 0. The van der Waals surface area contributed by atoms with Crippen molar-refractivity contribution in [3.8, 4) is 0 Å². The van der Waals surface area contributed by atoms with Gasteiger partial charge in [-0.2, -0.15) is 9.97 Å². The molecule has 0 saturated carbocycles.